The summed E-state index contributed by atoms with van der Waals surface area (Å²) in [6.07, 6.45) is 1.32. The maximum Gasteiger partial charge on any atom is 0.267 e. The molecule has 2 heterocycles. The summed E-state index contributed by atoms with van der Waals surface area (Å²) in [5, 5.41) is 3.20. The van der Waals surface area contributed by atoms with Crippen molar-refractivity contribution in [3.05, 3.63) is 59.8 Å². The molecule has 1 amide bonds. The first-order valence-electron chi connectivity index (χ1n) is 9.79. The van der Waals surface area contributed by atoms with Crippen molar-refractivity contribution < 1.29 is 17.9 Å². The van der Waals surface area contributed by atoms with E-state index in [0.717, 1.165) is 34.2 Å². The second-order valence-corrected chi connectivity index (χ2v) is 10.2. The fourth-order valence-corrected chi connectivity index (χ4v) is 5.27. The molecule has 32 heavy (non-hydrogen) atoms. The maximum absolute atomic E-state index is 12.9. The van der Waals surface area contributed by atoms with E-state index in [1.165, 1.54) is 17.5 Å². The monoisotopic (exact) mass is 470 g/mol. The summed E-state index contributed by atoms with van der Waals surface area (Å²) in [4.78, 5) is 21.0. The number of methoxy groups -OCH3 is 1. The minimum absolute atomic E-state index is 0.0615. The third kappa shape index (κ3) is 4.28. The molecule has 4 rings (SSSR count). The van der Waals surface area contributed by atoms with Crippen LogP contribution in [0.25, 0.3) is 11.3 Å². The zero-order valence-electron chi connectivity index (χ0n) is 17.8. The first-order chi connectivity index (χ1) is 15.3. The first-order valence-corrected chi connectivity index (χ1v) is 12.2. The molecule has 0 aliphatic carbocycles. The Morgan fingerprint density at radius 3 is 2.66 bits per heavy atom. The molecule has 2 aromatic carbocycles. The Balaban J connectivity index is 1.48. The van der Waals surface area contributed by atoms with Crippen LogP contribution in [0.1, 0.15) is 11.1 Å². The standard InChI is InChI=1S/C22H22N4O4S2/c1-14-4-9-18-17(10-14)21-19(32(28,29)26(18)2)12-24-22(25-21)31-13-20(27)23-11-15-5-7-16(30-3)8-6-15/h4-10,12H,11,13H2,1-3H3,(H,23,27). The van der Waals surface area contributed by atoms with Crippen LogP contribution in [0.4, 0.5) is 5.69 Å². The lowest BCUT2D eigenvalue weighted by molar-refractivity contribution is -0.118. The number of carbonyl (C=O) groups is 1. The van der Waals surface area contributed by atoms with E-state index in [-0.39, 0.29) is 16.6 Å². The lowest BCUT2D eigenvalue weighted by Gasteiger charge is -2.28. The molecule has 0 radical (unpaired) electrons. The van der Waals surface area contributed by atoms with Gasteiger partial charge in [-0.05, 0) is 36.8 Å². The molecule has 0 fully saturated rings. The summed E-state index contributed by atoms with van der Waals surface area (Å²) in [7, 11) is -0.611. The average molecular weight is 471 g/mol. The van der Waals surface area contributed by atoms with Crippen molar-refractivity contribution in [3.63, 3.8) is 0 Å². The van der Waals surface area contributed by atoms with E-state index in [4.69, 9.17) is 4.74 Å². The molecule has 0 atom stereocenters. The SMILES string of the molecule is COc1ccc(CNC(=O)CSc2ncc3c(n2)-c2cc(C)ccc2N(C)S3(=O)=O)cc1. The van der Waals surface area contributed by atoms with Gasteiger partial charge in [-0.1, -0.05) is 35.5 Å². The largest absolute Gasteiger partial charge is 0.497 e. The summed E-state index contributed by atoms with van der Waals surface area (Å²) in [6.45, 7) is 2.33. The summed E-state index contributed by atoms with van der Waals surface area (Å²) < 4.78 is 32.1. The molecular formula is C22H22N4O4S2. The predicted molar refractivity (Wildman–Crippen MR) is 123 cm³/mol. The van der Waals surface area contributed by atoms with Gasteiger partial charge in [-0.15, -0.1) is 0 Å². The van der Waals surface area contributed by atoms with Crippen LogP contribution >= 0.6 is 11.8 Å². The van der Waals surface area contributed by atoms with Gasteiger partial charge in [-0.2, -0.15) is 0 Å². The number of benzene rings is 2. The highest BCUT2D eigenvalue weighted by atomic mass is 32.2. The van der Waals surface area contributed by atoms with E-state index >= 15 is 0 Å². The van der Waals surface area contributed by atoms with Crippen molar-refractivity contribution >= 4 is 33.4 Å². The third-order valence-electron chi connectivity index (χ3n) is 5.10. The van der Waals surface area contributed by atoms with Crippen LogP contribution in [0.5, 0.6) is 5.75 Å². The maximum atomic E-state index is 12.9. The lowest BCUT2D eigenvalue weighted by Crippen LogP contribution is -2.31. The van der Waals surface area contributed by atoms with Crippen LogP contribution < -0.4 is 14.4 Å². The molecular weight excluding hydrogens is 448 g/mol. The average Bonchev–Trinajstić information content (AvgIpc) is 2.80. The van der Waals surface area contributed by atoms with Crippen molar-refractivity contribution in [2.45, 2.75) is 23.5 Å². The minimum Gasteiger partial charge on any atom is -0.497 e. The van der Waals surface area contributed by atoms with Crippen LogP contribution in [0, 0.1) is 6.92 Å². The summed E-state index contributed by atoms with van der Waals surface area (Å²) >= 11 is 1.16. The lowest BCUT2D eigenvalue weighted by atomic mass is 10.1. The van der Waals surface area contributed by atoms with Gasteiger partial charge in [0, 0.05) is 19.2 Å². The third-order valence-corrected chi connectivity index (χ3v) is 7.73. The smallest absolute Gasteiger partial charge is 0.267 e. The molecule has 1 aliphatic heterocycles. The van der Waals surface area contributed by atoms with E-state index in [1.807, 2.05) is 43.3 Å². The van der Waals surface area contributed by atoms with Gasteiger partial charge in [0.1, 0.15) is 10.6 Å². The second kappa shape index (κ2) is 8.79. The highest BCUT2D eigenvalue weighted by Crippen LogP contribution is 2.41. The topological polar surface area (TPSA) is 101 Å². The zero-order chi connectivity index (χ0) is 22.9. The molecule has 8 nitrogen and oxygen atoms in total. The second-order valence-electron chi connectivity index (χ2n) is 7.27. The Morgan fingerprint density at radius 1 is 1.19 bits per heavy atom. The van der Waals surface area contributed by atoms with Crippen LogP contribution in [0.3, 0.4) is 0 Å². The number of hydrogen-bond donors (Lipinski definition) is 1. The number of aryl methyl sites for hydroxylation is 1. The summed E-state index contributed by atoms with van der Waals surface area (Å²) in [5.41, 5.74) is 3.60. The number of anilines is 1. The van der Waals surface area contributed by atoms with Gasteiger partial charge in [-0.25, -0.2) is 18.4 Å². The number of amides is 1. The normalized spacial score (nSPS) is 13.8. The Bertz CT molecular complexity index is 1280. The fourth-order valence-electron chi connectivity index (χ4n) is 3.32. The molecule has 0 saturated carbocycles. The predicted octanol–water partition coefficient (Wildman–Crippen LogP) is 3.01. The molecule has 0 saturated heterocycles. The highest BCUT2D eigenvalue weighted by molar-refractivity contribution is 7.99. The Labute approximate surface area is 191 Å². The van der Waals surface area contributed by atoms with E-state index in [2.05, 4.69) is 15.3 Å². The number of aromatic nitrogens is 2. The summed E-state index contributed by atoms with van der Waals surface area (Å²) in [5.74, 6) is 0.698. The van der Waals surface area contributed by atoms with Crippen LogP contribution in [-0.4, -0.2) is 44.2 Å². The molecule has 10 heteroatoms. The zero-order valence-corrected chi connectivity index (χ0v) is 19.5. The van der Waals surface area contributed by atoms with Gasteiger partial charge in [0.2, 0.25) is 5.91 Å². The first kappa shape index (κ1) is 22.1. The number of carbonyl (C=O) groups excluding carboxylic acids is 1. The highest BCUT2D eigenvalue weighted by Gasteiger charge is 2.34. The number of hydrogen-bond acceptors (Lipinski definition) is 7. The number of thioether (sulfide) groups is 1. The number of ether oxygens (including phenoxy) is 1. The van der Waals surface area contributed by atoms with Gasteiger partial charge < -0.3 is 10.1 Å². The molecule has 0 bridgehead atoms. The minimum atomic E-state index is -3.73. The Morgan fingerprint density at radius 2 is 1.94 bits per heavy atom. The van der Waals surface area contributed by atoms with E-state index in [0.29, 0.717) is 23.1 Å². The molecule has 1 aromatic heterocycles. The van der Waals surface area contributed by atoms with Crippen LogP contribution in [-0.2, 0) is 21.4 Å². The number of nitrogens with one attached hydrogen (secondary N) is 1. The van der Waals surface area contributed by atoms with Gasteiger partial charge in [0.25, 0.3) is 10.0 Å². The molecule has 0 unspecified atom stereocenters. The van der Waals surface area contributed by atoms with E-state index in [9.17, 15) is 13.2 Å². The van der Waals surface area contributed by atoms with Gasteiger partial charge in [-0.3, -0.25) is 9.10 Å². The number of nitrogens with zero attached hydrogens (tertiary/aromatic N) is 3. The fraction of sp³-hybridized carbons (Fsp3) is 0.227. The van der Waals surface area contributed by atoms with E-state index < -0.39 is 10.0 Å². The van der Waals surface area contributed by atoms with Crippen LogP contribution in [0.2, 0.25) is 0 Å². The van der Waals surface area contributed by atoms with Crippen molar-refractivity contribution in [2.24, 2.45) is 0 Å². The Kier molecular flexibility index (Phi) is 6.07. The van der Waals surface area contributed by atoms with Gasteiger partial charge >= 0.3 is 0 Å². The van der Waals surface area contributed by atoms with Crippen LogP contribution in [0.15, 0.2) is 58.7 Å². The van der Waals surface area contributed by atoms with Gasteiger partial charge in [0.05, 0.1) is 30.4 Å². The molecule has 0 spiro atoms. The van der Waals surface area contributed by atoms with E-state index in [1.54, 1.807) is 13.2 Å². The number of fused-ring (bicyclic) bond motifs is 3. The van der Waals surface area contributed by atoms with Crippen molar-refractivity contribution in [3.8, 4) is 17.0 Å². The molecule has 1 N–H and O–H groups in total. The molecule has 166 valence electrons. The van der Waals surface area contributed by atoms with Crippen molar-refractivity contribution in [2.75, 3.05) is 24.2 Å². The number of sulfonamides is 1. The van der Waals surface area contributed by atoms with Crippen molar-refractivity contribution in [1.82, 2.24) is 15.3 Å². The number of rotatable bonds is 6. The molecule has 3 aromatic rings. The molecule has 1 aliphatic rings. The van der Waals surface area contributed by atoms with Gasteiger partial charge in [0.15, 0.2) is 5.16 Å². The quantitative estimate of drug-likeness (QED) is 0.436. The Hall–Kier alpha value is -3.11. The summed E-state index contributed by atoms with van der Waals surface area (Å²) in [6, 6.07) is 13.0. The van der Waals surface area contributed by atoms with Crippen molar-refractivity contribution in [1.29, 1.82) is 0 Å².